The quantitative estimate of drug-likeness (QED) is 0.915. The SMILES string of the molecule is CSC1CCC(NC(=O)c2cnc(Cl)cn2)C1. The number of rotatable bonds is 3. The van der Waals surface area contributed by atoms with E-state index in [0.717, 1.165) is 12.8 Å². The number of thioether (sulfide) groups is 1. The number of carbonyl (C=O) groups excluding carboxylic acids is 1. The minimum atomic E-state index is -0.166. The zero-order chi connectivity index (χ0) is 12.3. The summed E-state index contributed by atoms with van der Waals surface area (Å²) in [6, 6.07) is 0.262. The number of halogens is 1. The van der Waals surface area contributed by atoms with Gasteiger partial charge in [-0.25, -0.2) is 9.97 Å². The van der Waals surface area contributed by atoms with Crippen LogP contribution < -0.4 is 5.32 Å². The summed E-state index contributed by atoms with van der Waals surface area (Å²) in [5.41, 5.74) is 0.321. The molecule has 6 heteroatoms. The zero-order valence-electron chi connectivity index (χ0n) is 9.52. The van der Waals surface area contributed by atoms with Crippen LogP contribution in [0.4, 0.5) is 0 Å². The van der Waals surface area contributed by atoms with Crippen molar-refractivity contribution < 1.29 is 4.79 Å². The van der Waals surface area contributed by atoms with Crippen LogP contribution in [0.15, 0.2) is 12.4 Å². The van der Waals surface area contributed by atoms with Crippen molar-refractivity contribution in [2.45, 2.75) is 30.6 Å². The second-order valence-corrected chi connectivity index (χ2v) is 5.59. The minimum absolute atomic E-state index is 0.166. The van der Waals surface area contributed by atoms with Crippen LogP contribution in [0.1, 0.15) is 29.8 Å². The average molecular weight is 272 g/mol. The minimum Gasteiger partial charge on any atom is -0.348 e. The molecular formula is C11H14ClN3OS. The molecule has 0 radical (unpaired) electrons. The molecule has 0 spiro atoms. The highest BCUT2D eigenvalue weighted by Gasteiger charge is 2.25. The maximum absolute atomic E-state index is 11.8. The van der Waals surface area contributed by atoms with Crippen molar-refractivity contribution in [3.05, 3.63) is 23.2 Å². The maximum Gasteiger partial charge on any atom is 0.271 e. The van der Waals surface area contributed by atoms with Gasteiger partial charge in [-0.1, -0.05) is 11.6 Å². The van der Waals surface area contributed by atoms with Crippen molar-refractivity contribution in [1.29, 1.82) is 0 Å². The Labute approximate surface area is 110 Å². The smallest absolute Gasteiger partial charge is 0.271 e. The van der Waals surface area contributed by atoms with Crippen LogP contribution in [-0.4, -0.2) is 33.4 Å². The van der Waals surface area contributed by atoms with Gasteiger partial charge in [-0.05, 0) is 25.5 Å². The fourth-order valence-electron chi connectivity index (χ4n) is 1.97. The first-order valence-corrected chi connectivity index (χ1v) is 7.17. The summed E-state index contributed by atoms with van der Waals surface area (Å²) >= 11 is 7.48. The second-order valence-electron chi connectivity index (χ2n) is 4.07. The summed E-state index contributed by atoms with van der Waals surface area (Å²) in [5, 5.41) is 3.94. The molecule has 4 nitrogen and oxygen atoms in total. The number of nitrogens with zero attached hydrogens (tertiary/aromatic N) is 2. The Kier molecular flexibility index (Phi) is 4.23. The van der Waals surface area contributed by atoms with E-state index in [1.807, 2.05) is 11.8 Å². The Balaban J connectivity index is 1.91. The number of amides is 1. The second kappa shape index (κ2) is 5.69. The van der Waals surface area contributed by atoms with Gasteiger partial charge in [0.1, 0.15) is 10.8 Å². The van der Waals surface area contributed by atoms with Crippen molar-refractivity contribution in [3.63, 3.8) is 0 Å². The number of aromatic nitrogens is 2. The van der Waals surface area contributed by atoms with Crippen LogP contribution in [0.5, 0.6) is 0 Å². The van der Waals surface area contributed by atoms with Gasteiger partial charge in [0.15, 0.2) is 0 Å². The van der Waals surface area contributed by atoms with Crippen LogP contribution in [0.3, 0.4) is 0 Å². The molecule has 1 fully saturated rings. The fourth-order valence-corrected chi connectivity index (χ4v) is 2.87. The van der Waals surface area contributed by atoms with E-state index in [2.05, 4.69) is 21.5 Å². The summed E-state index contributed by atoms with van der Waals surface area (Å²) in [6.45, 7) is 0. The summed E-state index contributed by atoms with van der Waals surface area (Å²) in [4.78, 5) is 19.6. The van der Waals surface area contributed by atoms with E-state index < -0.39 is 0 Å². The van der Waals surface area contributed by atoms with Crippen molar-refractivity contribution in [1.82, 2.24) is 15.3 Å². The summed E-state index contributed by atoms with van der Waals surface area (Å²) in [7, 11) is 0. The van der Waals surface area contributed by atoms with Crippen LogP contribution in [0, 0.1) is 0 Å². The Morgan fingerprint density at radius 3 is 2.88 bits per heavy atom. The third kappa shape index (κ3) is 3.33. The lowest BCUT2D eigenvalue weighted by molar-refractivity contribution is 0.0932. The molecule has 2 rings (SSSR count). The van der Waals surface area contributed by atoms with Gasteiger partial charge in [0, 0.05) is 11.3 Å². The summed E-state index contributed by atoms with van der Waals surface area (Å²) in [6.07, 6.45) is 8.14. The largest absolute Gasteiger partial charge is 0.348 e. The topological polar surface area (TPSA) is 54.9 Å². The van der Waals surface area contributed by atoms with Crippen molar-refractivity contribution in [2.24, 2.45) is 0 Å². The van der Waals surface area contributed by atoms with Crippen molar-refractivity contribution in [3.8, 4) is 0 Å². The van der Waals surface area contributed by atoms with Crippen LogP contribution >= 0.6 is 23.4 Å². The molecule has 0 bridgehead atoms. The third-order valence-electron chi connectivity index (χ3n) is 2.91. The van der Waals surface area contributed by atoms with E-state index in [1.54, 1.807) is 0 Å². The predicted octanol–water partition coefficient (Wildman–Crippen LogP) is 2.14. The van der Waals surface area contributed by atoms with Crippen molar-refractivity contribution in [2.75, 3.05) is 6.26 Å². The lowest BCUT2D eigenvalue weighted by Crippen LogP contribution is -2.33. The van der Waals surface area contributed by atoms with Crippen LogP contribution in [0.2, 0.25) is 5.15 Å². The molecule has 1 aliphatic rings. The van der Waals surface area contributed by atoms with E-state index >= 15 is 0 Å². The lowest BCUT2D eigenvalue weighted by atomic mass is 10.2. The molecule has 92 valence electrons. The Bertz CT molecular complexity index is 398. The Hall–Kier alpha value is -0.810. The van der Waals surface area contributed by atoms with Gasteiger partial charge in [0.25, 0.3) is 5.91 Å². The zero-order valence-corrected chi connectivity index (χ0v) is 11.1. The number of hydrogen-bond acceptors (Lipinski definition) is 4. The molecule has 0 aliphatic heterocycles. The standard InChI is InChI=1S/C11H14ClN3OS/c1-17-8-3-2-7(4-8)15-11(16)9-5-14-10(12)6-13-9/h5-8H,2-4H2,1H3,(H,15,16). The first-order chi connectivity index (χ1) is 8.19. The Morgan fingerprint density at radius 1 is 1.47 bits per heavy atom. The normalized spacial score (nSPS) is 23.6. The number of nitrogens with one attached hydrogen (secondary N) is 1. The van der Waals surface area contributed by atoms with Gasteiger partial charge in [-0.3, -0.25) is 4.79 Å². The van der Waals surface area contributed by atoms with E-state index in [9.17, 15) is 4.79 Å². The van der Waals surface area contributed by atoms with Crippen LogP contribution in [-0.2, 0) is 0 Å². The van der Waals surface area contributed by atoms with E-state index in [1.165, 1.54) is 18.8 Å². The van der Waals surface area contributed by atoms with Gasteiger partial charge >= 0.3 is 0 Å². The molecule has 1 aromatic rings. The maximum atomic E-state index is 11.8. The highest BCUT2D eigenvalue weighted by atomic mass is 35.5. The monoisotopic (exact) mass is 271 g/mol. The third-order valence-corrected chi connectivity index (χ3v) is 4.20. The first-order valence-electron chi connectivity index (χ1n) is 5.50. The lowest BCUT2D eigenvalue weighted by Gasteiger charge is -2.12. The molecule has 1 N–H and O–H groups in total. The molecule has 0 saturated heterocycles. The van der Waals surface area contributed by atoms with E-state index in [0.29, 0.717) is 16.1 Å². The molecule has 1 amide bonds. The molecule has 2 unspecified atom stereocenters. The van der Waals surface area contributed by atoms with Crippen LogP contribution in [0.25, 0.3) is 0 Å². The summed E-state index contributed by atoms with van der Waals surface area (Å²) in [5.74, 6) is -0.166. The highest BCUT2D eigenvalue weighted by molar-refractivity contribution is 7.99. The Morgan fingerprint density at radius 2 is 2.29 bits per heavy atom. The van der Waals surface area contributed by atoms with Gasteiger partial charge < -0.3 is 5.32 Å². The number of hydrogen-bond donors (Lipinski definition) is 1. The van der Waals surface area contributed by atoms with Gasteiger partial charge in [-0.15, -0.1) is 0 Å². The molecule has 1 heterocycles. The van der Waals surface area contributed by atoms with Gasteiger partial charge in [-0.2, -0.15) is 11.8 Å². The summed E-state index contributed by atoms with van der Waals surface area (Å²) < 4.78 is 0. The highest BCUT2D eigenvalue weighted by Crippen LogP contribution is 2.28. The van der Waals surface area contributed by atoms with Crippen molar-refractivity contribution >= 4 is 29.3 Å². The average Bonchev–Trinajstić information content (AvgIpc) is 2.77. The molecule has 2 atom stereocenters. The molecular weight excluding hydrogens is 258 g/mol. The first kappa shape index (κ1) is 12.6. The predicted molar refractivity (Wildman–Crippen MR) is 69.5 cm³/mol. The van der Waals surface area contributed by atoms with Gasteiger partial charge in [0.05, 0.1) is 12.4 Å². The van der Waals surface area contributed by atoms with E-state index in [-0.39, 0.29) is 11.9 Å². The molecule has 1 aromatic heterocycles. The fraction of sp³-hybridized carbons (Fsp3) is 0.545. The van der Waals surface area contributed by atoms with Gasteiger partial charge in [0.2, 0.25) is 0 Å². The molecule has 17 heavy (non-hydrogen) atoms. The molecule has 1 aliphatic carbocycles. The number of carbonyl (C=O) groups is 1. The molecule has 1 saturated carbocycles. The van der Waals surface area contributed by atoms with E-state index in [4.69, 9.17) is 11.6 Å². The molecule has 0 aromatic carbocycles.